The first kappa shape index (κ1) is 10.2. The molecule has 0 amide bonds. The molecule has 0 spiro atoms. The van der Waals surface area contributed by atoms with Crippen molar-refractivity contribution in [3.05, 3.63) is 24.3 Å². The van der Waals surface area contributed by atoms with Crippen LogP contribution in [0.15, 0.2) is 29.2 Å². The summed E-state index contributed by atoms with van der Waals surface area (Å²) in [5.74, 6) is 6.34. The minimum atomic E-state index is 0.505. The molecule has 0 N–H and O–H groups in total. The molecule has 0 aliphatic carbocycles. The van der Waals surface area contributed by atoms with Crippen LogP contribution in [0, 0.1) is 0 Å². The average Bonchev–Trinajstić information content (AvgIpc) is 2.30. The number of methoxy groups -OCH3 is 1. The molecule has 2 rings (SSSR count). The summed E-state index contributed by atoms with van der Waals surface area (Å²) < 4.78 is 5.16. The second-order valence-electron chi connectivity index (χ2n) is 3.19. The van der Waals surface area contributed by atoms with E-state index in [-0.39, 0.29) is 0 Å². The second-order valence-corrected chi connectivity index (χ2v) is 6.69. The number of rotatable bonds is 2. The van der Waals surface area contributed by atoms with Gasteiger partial charge in [-0.3, -0.25) is 0 Å². The van der Waals surface area contributed by atoms with E-state index < -0.39 is 0 Å². The zero-order valence-electron chi connectivity index (χ0n) is 8.36. The quantitative estimate of drug-likeness (QED) is 0.718. The number of hydrogen-bond donors (Lipinski definition) is 0. The van der Waals surface area contributed by atoms with Crippen LogP contribution < -0.4 is 4.74 Å². The molecule has 0 atom stereocenters. The lowest BCUT2D eigenvalue weighted by Gasteiger charge is -2.13. The van der Waals surface area contributed by atoms with Gasteiger partial charge in [0, 0.05) is 22.4 Å². The SMILES string of the molecule is COc1ccc([S+]2CCSCC2)cc1. The standard InChI is InChI=1S/C11H15OS2/c1-12-10-2-4-11(5-3-10)14-8-6-13-7-9-14/h2-5H,6-9H2,1H3/q+1. The van der Waals surface area contributed by atoms with Gasteiger partial charge in [-0.2, -0.15) is 11.8 Å². The van der Waals surface area contributed by atoms with Crippen molar-refractivity contribution in [2.45, 2.75) is 4.90 Å². The molecule has 1 aliphatic heterocycles. The van der Waals surface area contributed by atoms with Crippen LogP contribution in [0.25, 0.3) is 0 Å². The molecule has 0 aromatic heterocycles. The molecule has 0 saturated carbocycles. The predicted octanol–water partition coefficient (Wildman–Crippen LogP) is 2.42. The van der Waals surface area contributed by atoms with Gasteiger partial charge >= 0.3 is 0 Å². The molecule has 1 fully saturated rings. The Morgan fingerprint density at radius 3 is 2.36 bits per heavy atom. The maximum atomic E-state index is 5.16. The summed E-state index contributed by atoms with van der Waals surface area (Å²) in [6.07, 6.45) is 0. The Kier molecular flexibility index (Phi) is 3.65. The average molecular weight is 227 g/mol. The van der Waals surface area contributed by atoms with Crippen LogP contribution in [0.3, 0.4) is 0 Å². The van der Waals surface area contributed by atoms with Crippen molar-refractivity contribution < 1.29 is 4.74 Å². The van der Waals surface area contributed by atoms with E-state index in [1.807, 2.05) is 0 Å². The van der Waals surface area contributed by atoms with Crippen molar-refractivity contribution in [2.24, 2.45) is 0 Å². The van der Waals surface area contributed by atoms with E-state index in [9.17, 15) is 0 Å². The van der Waals surface area contributed by atoms with Gasteiger partial charge in [-0.05, 0) is 24.3 Å². The third kappa shape index (κ3) is 2.39. The van der Waals surface area contributed by atoms with Crippen LogP contribution in [0.4, 0.5) is 0 Å². The van der Waals surface area contributed by atoms with Gasteiger partial charge in [-0.25, -0.2) is 0 Å². The topological polar surface area (TPSA) is 9.23 Å². The van der Waals surface area contributed by atoms with E-state index in [0.29, 0.717) is 10.9 Å². The molecule has 76 valence electrons. The Hall–Kier alpha value is -0.280. The monoisotopic (exact) mass is 227 g/mol. The van der Waals surface area contributed by atoms with Crippen LogP contribution in [0.5, 0.6) is 5.75 Å². The molecule has 3 heteroatoms. The van der Waals surface area contributed by atoms with Crippen molar-refractivity contribution in [1.82, 2.24) is 0 Å². The number of ether oxygens (including phenoxy) is 1. The fourth-order valence-corrected chi connectivity index (χ4v) is 5.48. The maximum Gasteiger partial charge on any atom is 0.155 e. The number of hydrogen-bond acceptors (Lipinski definition) is 2. The van der Waals surface area contributed by atoms with Crippen LogP contribution in [-0.4, -0.2) is 30.1 Å². The van der Waals surface area contributed by atoms with Gasteiger partial charge in [0.1, 0.15) is 17.3 Å². The van der Waals surface area contributed by atoms with Gasteiger partial charge in [0.25, 0.3) is 0 Å². The normalized spacial score (nSPS) is 18.1. The third-order valence-corrected chi connectivity index (χ3v) is 6.18. The van der Waals surface area contributed by atoms with Crippen molar-refractivity contribution in [1.29, 1.82) is 0 Å². The highest BCUT2D eigenvalue weighted by Crippen LogP contribution is 2.23. The fraction of sp³-hybridized carbons (Fsp3) is 0.455. The van der Waals surface area contributed by atoms with Gasteiger partial charge in [-0.15, -0.1) is 0 Å². The smallest absolute Gasteiger partial charge is 0.155 e. The fourth-order valence-electron chi connectivity index (χ4n) is 1.53. The summed E-state index contributed by atoms with van der Waals surface area (Å²) in [5, 5.41) is 0. The highest BCUT2D eigenvalue weighted by Gasteiger charge is 2.24. The summed E-state index contributed by atoms with van der Waals surface area (Å²) >= 11 is 2.08. The Labute approximate surface area is 92.6 Å². The number of thioether (sulfide) groups is 1. The largest absolute Gasteiger partial charge is 0.497 e. The minimum Gasteiger partial charge on any atom is -0.497 e. The highest BCUT2D eigenvalue weighted by molar-refractivity contribution is 8.05. The van der Waals surface area contributed by atoms with Crippen molar-refractivity contribution in [3.63, 3.8) is 0 Å². The molecule has 0 unspecified atom stereocenters. The first-order valence-electron chi connectivity index (χ1n) is 4.79. The Morgan fingerprint density at radius 2 is 1.79 bits per heavy atom. The molecule has 1 saturated heterocycles. The van der Waals surface area contributed by atoms with Crippen LogP contribution >= 0.6 is 11.8 Å². The molecular weight excluding hydrogens is 212 g/mol. The molecule has 1 heterocycles. The van der Waals surface area contributed by atoms with Crippen molar-refractivity contribution in [2.75, 3.05) is 30.1 Å². The zero-order valence-corrected chi connectivity index (χ0v) is 10.00. The first-order chi connectivity index (χ1) is 6.90. The minimum absolute atomic E-state index is 0.505. The number of benzene rings is 1. The summed E-state index contributed by atoms with van der Waals surface area (Å²) in [5.41, 5.74) is 0. The van der Waals surface area contributed by atoms with Crippen LogP contribution in [0.1, 0.15) is 0 Å². The summed E-state index contributed by atoms with van der Waals surface area (Å²) in [4.78, 5) is 1.51. The van der Waals surface area contributed by atoms with E-state index in [1.54, 1.807) is 7.11 Å². The Balaban J connectivity index is 2.07. The van der Waals surface area contributed by atoms with Gasteiger partial charge in [0.15, 0.2) is 4.90 Å². The van der Waals surface area contributed by atoms with Gasteiger partial charge < -0.3 is 4.74 Å². The lowest BCUT2D eigenvalue weighted by atomic mass is 10.3. The zero-order chi connectivity index (χ0) is 9.80. The first-order valence-corrected chi connectivity index (χ1v) is 7.51. The van der Waals surface area contributed by atoms with Gasteiger partial charge in [0.2, 0.25) is 0 Å². The third-order valence-electron chi connectivity index (χ3n) is 2.34. The lowest BCUT2D eigenvalue weighted by Crippen LogP contribution is -2.20. The van der Waals surface area contributed by atoms with Gasteiger partial charge in [-0.1, -0.05) is 0 Å². The van der Waals surface area contributed by atoms with Crippen molar-refractivity contribution >= 4 is 22.7 Å². The van der Waals surface area contributed by atoms with Gasteiger partial charge in [0.05, 0.1) is 7.11 Å². The van der Waals surface area contributed by atoms with Crippen LogP contribution in [0.2, 0.25) is 0 Å². The molecule has 1 nitrogen and oxygen atoms in total. The van der Waals surface area contributed by atoms with Crippen molar-refractivity contribution in [3.8, 4) is 5.75 Å². The summed E-state index contributed by atoms with van der Waals surface area (Å²) in [6, 6.07) is 8.59. The summed E-state index contributed by atoms with van der Waals surface area (Å²) in [6.45, 7) is 0. The molecule has 1 aromatic rings. The van der Waals surface area contributed by atoms with Crippen LogP contribution in [-0.2, 0) is 10.9 Å². The second kappa shape index (κ2) is 4.99. The molecule has 1 aliphatic rings. The maximum absolute atomic E-state index is 5.16. The predicted molar refractivity (Wildman–Crippen MR) is 65.7 cm³/mol. The molecule has 0 radical (unpaired) electrons. The summed E-state index contributed by atoms with van der Waals surface area (Å²) in [7, 11) is 2.22. The van der Waals surface area contributed by atoms with E-state index in [4.69, 9.17) is 4.74 Å². The van der Waals surface area contributed by atoms with E-state index in [1.165, 1.54) is 27.9 Å². The molecule has 14 heavy (non-hydrogen) atoms. The van der Waals surface area contributed by atoms with E-state index in [0.717, 1.165) is 5.75 Å². The molecule has 0 bridgehead atoms. The molecular formula is C11H15OS2+. The molecule has 1 aromatic carbocycles. The lowest BCUT2D eigenvalue weighted by molar-refractivity contribution is 0.414. The highest BCUT2D eigenvalue weighted by atomic mass is 32.2. The Bertz CT molecular complexity index is 278. The van der Waals surface area contributed by atoms with E-state index in [2.05, 4.69) is 36.0 Å². The van der Waals surface area contributed by atoms with E-state index >= 15 is 0 Å². The Morgan fingerprint density at radius 1 is 1.14 bits per heavy atom.